The van der Waals surface area contributed by atoms with Crippen LogP contribution in [0.4, 0.5) is 0 Å². The third-order valence-electron chi connectivity index (χ3n) is 4.50. The quantitative estimate of drug-likeness (QED) is 0.766. The van der Waals surface area contributed by atoms with E-state index >= 15 is 0 Å². The first kappa shape index (κ1) is 17.7. The maximum absolute atomic E-state index is 12.7. The number of hydrogen-bond acceptors (Lipinski definition) is 5. The van der Waals surface area contributed by atoms with Gasteiger partial charge in [0.05, 0.1) is 10.9 Å². The number of cyclic esters (lactones) is 1. The summed E-state index contributed by atoms with van der Waals surface area (Å²) in [5, 5.41) is 9.74. The highest BCUT2D eigenvalue weighted by molar-refractivity contribution is 5.95. The standard InChI is InChI=1S/C21H19NO4/c1-12-7-16-18(8-13(12)2)25-11-15(19(16)23)6-5-14-9-21(3,4)26-20(24)17(14)10-22/h5-8,11H,9H2,1-4H3/b6-5-. The normalized spacial score (nSPS) is 16.8. The lowest BCUT2D eigenvalue weighted by Gasteiger charge is -2.30. The Bertz CT molecular complexity index is 1080. The number of hydrogen-bond donors (Lipinski definition) is 0. The fourth-order valence-corrected chi connectivity index (χ4v) is 2.98. The molecule has 0 saturated carbocycles. The fourth-order valence-electron chi connectivity index (χ4n) is 2.98. The van der Waals surface area contributed by atoms with E-state index in [9.17, 15) is 14.9 Å². The van der Waals surface area contributed by atoms with E-state index in [1.165, 1.54) is 6.26 Å². The number of fused-ring (bicyclic) bond motifs is 1. The molecule has 1 aromatic heterocycles. The average Bonchev–Trinajstić information content (AvgIpc) is 2.55. The number of esters is 1. The van der Waals surface area contributed by atoms with Gasteiger partial charge in [-0.25, -0.2) is 4.79 Å². The summed E-state index contributed by atoms with van der Waals surface area (Å²) < 4.78 is 10.8. The van der Waals surface area contributed by atoms with E-state index in [0.29, 0.717) is 28.5 Å². The summed E-state index contributed by atoms with van der Waals surface area (Å²) in [7, 11) is 0. The molecule has 0 radical (unpaired) electrons. The largest absolute Gasteiger partial charge is 0.463 e. The molecule has 0 amide bonds. The topological polar surface area (TPSA) is 80.3 Å². The highest BCUT2D eigenvalue weighted by Gasteiger charge is 2.33. The first-order chi connectivity index (χ1) is 12.2. The number of carbonyl (C=O) groups is 1. The summed E-state index contributed by atoms with van der Waals surface area (Å²) in [4.78, 5) is 24.7. The van der Waals surface area contributed by atoms with Gasteiger partial charge in [-0.1, -0.05) is 6.08 Å². The lowest BCUT2D eigenvalue weighted by atomic mass is 9.91. The molecule has 3 rings (SSSR count). The van der Waals surface area contributed by atoms with Crippen LogP contribution in [0.25, 0.3) is 17.0 Å². The van der Waals surface area contributed by atoms with Crippen molar-refractivity contribution in [2.75, 3.05) is 0 Å². The number of nitriles is 1. The fraction of sp³-hybridized carbons (Fsp3) is 0.286. The number of carbonyl (C=O) groups excluding carboxylic acids is 1. The highest BCUT2D eigenvalue weighted by atomic mass is 16.6. The van der Waals surface area contributed by atoms with Crippen molar-refractivity contribution in [2.24, 2.45) is 0 Å². The summed E-state index contributed by atoms with van der Waals surface area (Å²) in [5.41, 5.74) is 2.64. The summed E-state index contributed by atoms with van der Waals surface area (Å²) in [6.45, 7) is 7.46. The van der Waals surface area contributed by atoms with Crippen molar-refractivity contribution in [1.82, 2.24) is 0 Å². The lowest BCUT2D eigenvalue weighted by molar-refractivity contribution is -0.152. The van der Waals surface area contributed by atoms with Crippen molar-refractivity contribution in [3.63, 3.8) is 0 Å². The molecule has 0 unspecified atom stereocenters. The first-order valence-corrected chi connectivity index (χ1v) is 8.29. The van der Waals surface area contributed by atoms with Gasteiger partial charge in [-0.05, 0) is 62.6 Å². The van der Waals surface area contributed by atoms with Crippen LogP contribution in [0.2, 0.25) is 0 Å². The summed E-state index contributed by atoms with van der Waals surface area (Å²) >= 11 is 0. The molecule has 1 aliphatic rings. The Morgan fingerprint density at radius 1 is 1.15 bits per heavy atom. The van der Waals surface area contributed by atoms with Gasteiger partial charge in [-0.15, -0.1) is 0 Å². The number of ether oxygens (including phenoxy) is 1. The molecule has 26 heavy (non-hydrogen) atoms. The van der Waals surface area contributed by atoms with Gasteiger partial charge < -0.3 is 9.15 Å². The highest BCUT2D eigenvalue weighted by Crippen LogP contribution is 2.30. The summed E-state index contributed by atoms with van der Waals surface area (Å²) in [5.74, 6) is -0.639. The predicted octanol–water partition coefficient (Wildman–Crippen LogP) is 3.97. The molecule has 0 N–H and O–H groups in total. The van der Waals surface area contributed by atoms with Crippen LogP contribution in [0.1, 0.15) is 37.0 Å². The van der Waals surface area contributed by atoms with Gasteiger partial charge in [-0.2, -0.15) is 5.26 Å². The molecule has 0 saturated heterocycles. The molecule has 0 fully saturated rings. The molecule has 5 nitrogen and oxygen atoms in total. The van der Waals surface area contributed by atoms with E-state index in [0.717, 1.165) is 11.1 Å². The molecule has 1 aliphatic heterocycles. The summed E-state index contributed by atoms with van der Waals surface area (Å²) in [6, 6.07) is 5.55. The van der Waals surface area contributed by atoms with Gasteiger partial charge in [0.2, 0.25) is 0 Å². The van der Waals surface area contributed by atoms with Gasteiger partial charge >= 0.3 is 5.97 Å². The lowest BCUT2D eigenvalue weighted by Crippen LogP contribution is -2.33. The van der Waals surface area contributed by atoms with Crippen molar-refractivity contribution in [1.29, 1.82) is 5.26 Å². The van der Waals surface area contributed by atoms with Crippen LogP contribution in [0.3, 0.4) is 0 Å². The Kier molecular flexibility index (Phi) is 4.29. The third kappa shape index (κ3) is 3.18. The second-order valence-electron chi connectivity index (χ2n) is 7.12. The number of benzene rings is 1. The Morgan fingerprint density at radius 3 is 2.54 bits per heavy atom. The second kappa shape index (κ2) is 6.30. The zero-order valence-electron chi connectivity index (χ0n) is 15.2. The number of nitrogens with zero attached hydrogens (tertiary/aromatic N) is 1. The maximum atomic E-state index is 12.7. The third-order valence-corrected chi connectivity index (χ3v) is 4.50. The van der Waals surface area contributed by atoms with Gasteiger partial charge in [0.25, 0.3) is 0 Å². The number of rotatable bonds is 2. The number of aryl methyl sites for hydroxylation is 2. The molecule has 1 aromatic carbocycles. The SMILES string of the molecule is Cc1cc2occ(/C=C\C3=C(C#N)C(=O)OC(C)(C)C3)c(=O)c2cc1C. The average molecular weight is 349 g/mol. The smallest absolute Gasteiger partial charge is 0.349 e. The van der Waals surface area contributed by atoms with Gasteiger partial charge in [0.1, 0.15) is 29.1 Å². The molecule has 5 heteroatoms. The van der Waals surface area contributed by atoms with Crippen molar-refractivity contribution < 1.29 is 13.9 Å². The molecule has 0 aliphatic carbocycles. The van der Waals surface area contributed by atoms with E-state index in [1.54, 1.807) is 26.0 Å². The zero-order valence-corrected chi connectivity index (χ0v) is 15.2. The van der Waals surface area contributed by atoms with Gasteiger partial charge in [-0.3, -0.25) is 4.79 Å². The van der Waals surface area contributed by atoms with Crippen LogP contribution in [-0.4, -0.2) is 11.6 Å². The van der Waals surface area contributed by atoms with Crippen LogP contribution in [0, 0.1) is 25.2 Å². The minimum atomic E-state index is -0.695. The molecule has 0 spiro atoms. The Morgan fingerprint density at radius 2 is 1.85 bits per heavy atom. The zero-order chi connectivity index (χ0) is 19.1. The minimum Gasteiger partial charge on any atom is -0.463 e. The number of allylic oxidation sites excluding steroid dienone is 1. The summed E-state index contributed by atoms with van der Waals surface area (Å²) in [6.07, 6.45) is 5.01. The van der Waals surface area contributed by atoms with E-state index in [1.807, 2.05) is 32.0 Å². The van der Waals surface area contributed by atoms with E-state index in [-0.39, 0.29) is 11.0 Å². The monoisotopic (exact) mass is 349 g/mol. The van der Waals surface area contributed by atoms with Crippen molar-refractivity contribution in [3.05, 3.63) is 62.5 Å². The van der Waals surface area contributed by atoms with Crippen LogP contribution >= 0.6 is 0 Å². The minimum absolute atomic E-state index is 0.0304. The molecule has 2 aromatic rings. The molecular weight excluding hydrogens is 330 g/mol. The van der Waals surface area contributed by atoms with Crippen molar-refractivity contribution in [2.45, 2.75) is 39.7 Å². The Hall–Kier alpha value is -3.13. The van der Waals surface area contributed by atoms with Crippen LogP contribution in [-0.2, 0) is 9.53 Å². The van der Waals surface area contributed by atoms with Gasteiger partial charge in [0, 0.05) is 6.42 Å². The molecule has 2 heterocycles. The van der Waals surface area contributed by atoms with E-state index in [2.05, 4.69) is 0 Å². The Labute approximate surface area is 151 Å². The molecule has 132 valence electrons. The predicted molar refractivity (Wildman–Crippen MR) is 98.4 cm³/mol. The Balaban J connectivity index is 2.07. The van der Waals surface area contributed by atoms with Crippen LogP contribution in [0.15, 0.2) is 44.8 Å². The van der Waals surface area contributed by atoms with E-state index in [4.69, 9.17) is 9.15 Å². The van der Waals surface area contributed by atoms with Crippen LogP contribution < -0.4 is 5.43 Å². The maximum Gasteiger partial charge on any atom is 0.349 e. The van der Waals surface area contributed by atoms with Crippen molar-refractivity contribution >= 4 is 23.0 Å². The molecule has 0 bridgehead atoms. The van der Waals surface area contributed by atoms with Crippen molar-refractivity contribution in [3.8, 4) is 6.07 Å². The van der Waals surface area contributed by atoms with E-state index < -0.39 is 11.6 Å². The molecular formula is C21H19NO4. The molecule has 0 atom stereocenters. The van der Waals surface area contributed by atoms with Gasteiger partial charge in [0.15, 0.2) is 5.43 Å². The second-order valence-corrected chi connectivity index (χ2v) is 7.12. The van der Waals surface area contributed by atoms with Crippen LogP contribution in [0.5, 0.6) is 0 Å². The first-order valence-electron chi connectivity index (χ1n) is 8.29.